The first-order chi connectivity index (χ1) is 16.3. The number of hydrogen-bond acceptors (Lipinski definition) is 7. The lowest BCUT2D eigenvalue weighted by atomic mass is 10.1. The van der Waals surface area contributed by atoms with Crippen molar-refractivity contribution in [2.75, 3.05) is 11.9 Å². The Balaban J connectivity index is 1.76. The first kappa shape index (κ1) is 24.1. The average Bonchev–Trinajstić information content (AvgIpc) is 3.09. The van der Waals surface area contributed by atoms with Gasteiger partial charge >= 0.3 is 0 Å². The third kappa shape index (κ3) is 4.77. The molecule has 9 heteroatoms. The number of carbonyl (C=O) groups excluding carboxylic acids is 1. The van der Waals surface area contributed by atoms with Gasteiger partial charge < -0.3 is 10.4 Å². The highest BCUT2D eigenvalue weighted by atomic mass is 32.2. The van der Waals surface area contributed by atoms with Crippen molar-refractivity contribution in [2.24, 2.45) is 0 Å². The molecule has 1 atom stereocenters. The molecule has 2 aromatic heterocycles. The number of benzene rings is 1. The molecular weight excluding hydrogens is 468 g/mol. The number of aromatic nitrogens is 2. The molecule has 1 amide bonds. The molecule has 1 aliphatic rings. The van der Waals surface area contributed by atoms with Crippen LogP contribution in [0.1, 0.15) is 35.6 Å². The predicted molar refractivity (Wildman–Crippen MR) is 141 cm³/mol. The highest BCUT2D eigenvalue weighted by Crippen LogP contribution is 2.34. The van der Waals surface area contributed by atoms with Crippen LogP contribution in [0.2, 0.25) is 0 Å². The molecule has 0 radical (unpaired) electrons. The molecule has 34 heavy (non-hydrogen) atoms. The molecule has 0 saturated carbocycles. The summed E-state index contributed by atoms with van der Waals surface area (Å²) in [4.78, 5) is 33.3. The summed E-state index contributed by atoms with van der Waals surface area (Å²) >= 11 is 6.65. The van der Waals surface area contributed by atoms with Gasteiger partial charge in [-0.25, -0.2) is 4.98 Å². The number of carbonyl (C=O) groups is 1. The van der Waals surface area contributed by atoms with E-state index in [1.807, 2.05) is 51.1 Å². The fraction of sp³-hybridized carbons (Fsp3) is 0.280. The predicted octanol–water partition coefficient (Wildman–Crippen LogP) is 3.90. The SMILES string of the molecule is CC[C@H](CO)Nc1nc2c(C)cccn2c(=O)c1/C=C1/SC(=S)N(Cc2ccc(C)cc2)C1=O. The van der Waals surface area contributed by atoms with E-state index in [-0.39, 0.29) is 29.7 Å². The average molecular weight is 495 g/mol. The fourth-order valence-electron chi connectivity index (χ4n) is 3.67. The largest absolute Gasteiger partial charge is 0.394 e. The Morgan fingerprint density at radius 1 is 1.21 bits per heavy atom. The van der Waals surface area contributed by atoms with Crippen LogP contribution in [0.15, 0.2) is 52.3 Å². The number of pyridine rings is 1. The maximum absolute atomic E-state index is 13.4. The minimum Gasteiger partial charge on any atom is -0.394 e. The molecule has 3 aromatic rings. The second-order valence-corrected chi connectivity index (χ2v) is 9.93. The van der Waals surface area contributed by atoms with E-state index < -0.39 is 0 Å². The number of aliphatic hydroxyl groups is 1. The van der Waals surface area contributed by atoms with Gasteiger partial charge in [0, 0.05) is 6.20 Å². The van der Waals surface area contributed by atoms with Crippen LogP contribution in [0.3, 0.4) is 0 Å². The normalized spacial score (nSPS) is 16.0. The summed E-state index contributed by atoms with van der Waals surface area (Å²) < 4.78 is 1.91. The maximum atomic E-state index is 13.4. The second-order valence-electron chi connectivity index (χ2n) is 8.25. The number of aliphatic hydroxyl groups excluding tert-OH is 1. The van der Waals surface area contributed by atoms with Crippen LogP contribution < -0.4 is 10.9 Å². The van der Waals surface area contributed by atoms with Gasteiger partial charge in [-0.15, -0.1) is 0 Å². The van der Waals surface area contributed by atoms with Crippen molar-refractivity contribution in [3.63, 3.8) is 0 Å². The third-order valence-corrected chi connectivity index (χ3v) is 7.13. The monoisotopic (exact) mass is 494 g/mol. The molecule has 0 spiro atoms. The van der Waals surface area contributed by atoms with E-state index >= 15 is 0 Å². The number of amides is 1. The fourth-order valence-corrected chi connectivity index (χ4v) is 4.90. The third-order valence-electron chi connectivity index (χ3n) is 5.75. The number of anilines is 1. The van der Waals surface area contributed by atoms with Gasteiger partial charge in [0.25, 0.3) is 11.5 Å². The first-order valence-corrected chi connectivity index (χ1v) is 12.2. The van der Waals surface area contributed by atoms with E-state index in [9.17, 15) is 14.7 Å². The molecule has 1 aromatic carbocycles. The summed E-state index contributed by atoms with van der Waals surface area (Å²) in [6.45, 7) is 6.08. The molecule has 0 aliphatic carbocycles. The molecule has 2 N–H and O–H groups in total. The van der Waals surface area contributed by atoms with Crippen LogP contribution in [-0.4, -0.2) is 42.3 Å². The van der Waals surface area contributed by atoms with Crippen LogP contribution in [-0.2, 0) is 11.3 Å². The molecule has 0 bridgehead atoms. The van der Waals surface area contributed by atoms with E-state index in [0.29, 0.717) is 33.7 Å². The minimum atomic E-state index is -0.298. The van der Waals surface area contributed by atoms with E-state index in [2.05, 4.69) is 10.3 Å². The van der Waals surface area contributed by atoms with Crippen LogP contribution in [0.4, 0.5) is 5.82 Å². The molecule has 1 fully saturated rings. The zero-order chi connectivity index (χ0) is 24.4. The summed E-state index contributed by atoms with van der Waals surface area (Å²) in [6.07, 6.45) is 3.86. The number of hydrogen-bond donors (Lipinski definition) is 2. The molecule has 176 valence electrons. The maximum Gasteiger partial charge on any atom is 0.267 e. The molecule has 7 nitrogen and oxygen atoms in total. The summed E-state index contributed by atoms with van der Waals surface area (Å²) in [5.41, 5.74) is 3.44. The number of aryl methyl sites for hydroxylation is 2. The van der Waals surface area contributed by atoms with Crippen LogP contribution >= 0.6 is 24.0 Å². The van der Waals surface area contributed by atoms with Crippen LogP contribution in [0.25, 0.3) is 11.7 Å². The van der Waals surface area contributed by atoms with Gasteiger partial charge in [-0.1, -0.05) is 66.8 Å². The lowest BCUT2D eigenvalue weighted by Crippen LogP contribution is -2.28. The van der Waals surface area contributed by atoms with E-state index in [1.54, 1.807) is 23.2 Å². The van der Waals surface area contributed by atoms with Crippen molar-refractivity contribution in [1.82, 2.24) is 14.3 Å². The number of nitrogens with one attached hydrogen (secondary N) is 1. The zero-order valence-corrected chi connectivity index (χ0v) is 20.9. The van der Waals surface area contributed by atoms with Crippen molar-refractivity contribution in [3.05, 3.63) is 80.1 Å². The molecule has 0 unspecified atom stereocenters. The number of thioether (sulfide) groups is 1. The molecule has 4 rings (SSSR count). The Morgan fingerprint density at radius 3 is 2.62 bits per heavy atom. The Bertz CT molecular complexity index is 1340. The Hall–Kier alpha value is -3.01. The number of nitrogens with zero attached hydrogens (tertiary/aromatic N) is 3. The number of thiocarbonyl (C=S) groups is 1. The van der Waals surface area contributed by atoms with Gasteiger partial charge in [0.2, 0.25) is 0 Å². The first-order valence-electron chi connectivity index (χ1n) is 11.0. The van der Waals surface area contributed by atoms with Crippen molar-refractivity contribution >= 4 is 51.7 Å². The molecule has 3 heterocycles. The lowest BCUT2D eigenvalue weighted by Gasteiger charge is -2.18. The molecule has 1 saturated heterocycles. The zero-order valence-electron chi connectivity index (χ0n) is 19.2. The quantitative estimate of drug-likeness (QED) is 0.381. The standard InChI is InChI=1S/C25H26N4O3S2/c1-4-18(14-30)26-21-19(23(31)28-11-5-6-16(3)22(28)27-21)12-20-24(32)29(25(33)34-20)13-17-9-7-15(2)8-10-17/h5-12,18,26,30H,4,13-14H2,1-3H3/b20-12+/t18-/m1/s1. The number of fused-ring (bicyclic) bond motifs is 1. The summed E-state index contributed by atoms with van der Waals surface area (Å²) in [5, 5.41) is 12.9. The summed E-state index contributed by atoms with van der Waals surface area (Å²) in [6, 6.07) is 11.3. The van der Waals surface area contributed by atoms with Crippen LogP contribution in [0, 0.1) is 13.8 Å². The molecular formula is C25H26N4O3S2. The highest BCUT2D eigenvalue weighted by Gasteiger charge is 2.32. The Labute approximate surface area is 207 Å². The van der Waals surface area contributed by atoms with Crippen molar-refractivity contribution in [1.29, 1.82) is 0 Å². The minimum absolute atomic E-state index is 0.108. The van der Waals surface area contributed by atoms with E-state index in [0.717, 1.165) is 16.7 Å². The van der Waals surface area contributed by atoms with Crippen molar-refractivity contribution in [3.8, 4) is 0 Å². The van der Waals surface area contributed by atoms with Gasteiger partial charge in [0.1, 0.15) is 15.8 Å². The molecule has 1 aliphatic heterocycles. The highest BCUT2D eigenvalue weighted by molar-refractivity contribution is 8.26. The second kappa shape index (κ2) is 10.1. The topological polar surface area (TPSA) is 86.9 Å². The van der Waals surface area contributed by atoms with Crippen molar-refractivity contribution < 1.29 is 9.90 Å². The Morgan fingerprint density at radius 2 is 1.94 bits per heavy atom. The summed E-state index contributed by atoms with van der Waals surface area (Å²) in [7, 11) is 0. The van der Waals surface area contributed by atoms with E-state index in [4.69, 9.17) is 12.2 Å². The lowest BCUT2D eigenvalue weighted by molar-refractivity contribution is -0.122. The van der Waals surface area contributed by atoms with Gasteiger partial charge in [-0.3, -0.25) is 18.9 Å². The number of rotatable bonds is 7. The van der Waals surface area contributed by atoms with E-state index in [1.165, 1.54) is 16.2 Å². The smallest absolute Gasteiger partial charge is 0.267 e. The summed E-state index contributed by atoms with van der Waals surface area (Å²) in [5.74, 6) is 0.0912. The van der Waals surface area contributed by atoms with Gasteiger partial charge in [0.15, 0.2) is 0 Å². The van der Waals surface area contributed by atoms with Gasteiger partial charge in [-0.2, -0.15) is 0 Å². The van der Waals surface area contributed by atoms with Crippen LogP contribution in [0.5, 0.6) is 0 Å². The van der Waals surface area contributed by atoms with Gasteiger partial charge in [-0.05, 0) is 43.5 Å². The Kier molecular flexibility index (Phi) is 7.16. The van der Waals surface area contributed by atoms with Crippen molar-refractivity contribution in [2.45, 2.75) is 39.8 Å². The van der Waals surface area contributed by atoms with Gasteiger partial charge in [0.05, 0.1) is 29.7 Å².